The third-order valence-corrected chi connectivity index (χ3v) is 7.32. The molecule has 0 radical (unpaired) electrons. The molecule has 3 heterocycles. The smallest absolute Gasteiger partial charge is 0.159 e. The summed E-state index contributed by atoms with van der Waals surface area (Å²) in [6, 6.07) is 9.18. The molecule has 194 valence electrons. The van der Waals surface area contributed by atoms with Crippen LogP contribution in [0.4, 0.5) is 5.82 Å². The summed E-state index contributed by atoms with van der Waals surface area (Å²) in [5.41, 5.74) is 2.94. The van der Waals surface area contributed by atoms with Crippen LogP contribution in [0.3, 0.4) is 0 Å². The second kappa shape index (κ2) is 11.2. The molecule has 10 heteroatoms. The van der Waals surface area contributed by atoms with E-state index in [9.17, 15) is 4.79 Å². The van der Waals surface area contributed by atoms with Gasteiger partial charge >= 0.3 is 0 Å². The molecule has 1 saturated carbocycles. The molecule has 2 aromatic heterocycles. The summed E-state index contributed by atoms with van der Waals surface area (Å²) in [5, 5.41) is 5.43. The van der Waals surface area contributed by atoms with E-state index < -0.39 is 0 Å². The minimum absolute atomic E-state index is 0.0998. The van der Waals surface area contributed by atoms with Crippen molar-refractivity contribution in [1.82, 2.24) is 10.1 Å². The lowest BCUT2D eigenvalue weighted by Gasteiger charge is -2.32. The lowest BCUT2D eigenvalue weighted by molar-refractivity contribution is -0.112. The minimum atomic E-state index is -0.149. The quantitative estimate of drug-likeness (QED) is 0.201. The number of ketones is 1. The van der Waals surface area contributed by atoms with Crippen LogP contribution in [0.15, 0.2) is 47.1 Å². The van der Waals surface area contributed by atoms with Gasteiger partial charge in [-0.3, -0.25) is 4.79 Å². The number of allylic oxidation sites excluding steroid dienone is 1. The van der Waals surface area contributed by atoms with Crippen LogP contribution in [0, 0.1) is 0 Å². The number of nitrogens with two attached hydrogens (primary N) is 1. The van der Waals surface area contributed by atoms with Crippen molar-refractivity contribution in [2.45, 2.75) is 51.2 Å². The van der Waals surface area contributed by atoms with Crippen LogP contribution >= 0.6 is 23.2 Å². The van der Waals surface area contributed by atoms with Gasteiger partial charge in [0.05, 0.1) is 22.8 Å². The van der Waals surface area contributed by atoms with Gasteiger partial charge in [0.2, 0.25) is 0 Å². The topological polar surface area (TPSA) is 104 Å². The van der Waals surface area contributed by atoms with Crippen LogP contribution < -0.4 is 10.8 Å². The van der Waals surface area contributed by atoms with E-state index in [4.69, 9.17) is 43.2 Å². The number of carbonyl (C=O) groups is 1. The van der Waals surface area contributed by atoms with Crippen molar-refractivity contribution in [3.05, 3.63) is 69.5 Å². The van der Waals surface area contributed by atoms with Crippen LogP contribution in [0.1, 0.15) is 55.4 Å². The van der Waals surface area contributed by atoms with Crippen LogP contribution in [0.25, 0.3) is 17.0 Å². The molecule has 2 N–H and O–H groups in total. The normalized spacial score (nSPS) is 16.8. The Labute approximate surface area is 225 Å². The molecule has 1 aliphatic heterocycles. The van der Waals surface area contributed by atoms with Crippen molar-refractivity contribution in [3.8, 4) is 11.3 Å². The Morgan fingerprint density at radius 1 is 1.16 bits per heavy atom. The maximum absolute atomic E-state index is 11.4. The molecule has 5 rings (SSSR count). The second-order valence-electron chi connectivity index (χ2n) is 9.38. The van der Waals surface area contributed by atoms with E-state index in [-0.39, 0.29) is 17.6 Å². The number of benzene rings is 1. The molecule has 37 heavy (non-hydrogen) atoms. The van der Waals surface area contributed by atoms with Crippen molar-refractivity contribution in [2.24, 2.45) is 5.90 Å². The van der Waals surface area contributed by atoms with Gasteiger partial charge in [-0.15, -0.1) is 0 Å². The van der Waals surface area contributed by atoms with Crippen LogP contribution in [-0.2, 0) is 21.0 Å². The van der Waals surface area contributed by atoms with Crippen molar-refractivity contribution in [2.75, 3.05) is 18.0 Å². The number of aromatic nitrogens is 2. The van der Waals surface area contributed by atoms with E-state index >= 15 is 0 Å². The molecule has 1 aliphatic carbocycles. The maximum atomic E-state index is 11.4. The monoisotopic (exact) mass is 542 g/mol. The number of rotatable bonds is 9. The summed E-state index contributed by atoms with van der Waals surface area (Å²) in [4.78, 5) is 22.9. The first-order valence-corrected chi connectivity index (χ1v) is 13.0. The number of hydrogen-bond acceptors (Lipinski definition) is 8. The number of halogens is 2. The average Bonchev–Trinajstić information content (AvgIpc) is 3.66. The van der Waals surface area contributed by atoms with E-state index in [1.807, 2.05) is 18.2 Å². The molecule has 1 saturated heterocycles. The zero-order valence-corrected chi connectivity index (χ0v) is 22.0. The average molecular weight is 543 g/mol. The molecule has 0 amide bonds. The Kier molecular flexibility index (Phi) is 7.81. The predicted octanol–water partition coefficient (Wildman–Crippen LogP) is 5.93. The molecule has 0 atom stereocenters. The largest absolute Gasteiger partial charge is 0.411 e. The Bertz CT molecular complexity index is 1280. The van der Waals surface area contributed by atoms with Gasteiger partial charge in [-0.2, -0.15) is 5.90 Å². The van der Waals surface area contributed by atoms with Gasteiger partial charge in [0.25, 0.3) is 0 Å². The summed E-state index contributed by atoms with van der Waals surface area (Å²) in [6.07, 6.45) is 6.99. The van der Waals surface area contributed by atoms with Crippen molar-refractivity contribution in [1.29, 1.82) is 0 Å². The van der Waals surface area contributed by atoms with Crippen molar-refractivity contribution >= 4 is 40.6 Å². The number of hydrogen-bond donors (Lipinski definition) is 1. The van der Waals surface area contributed by atoms with Gasteiger partial charge in [0.15, 0.2) is 11.5 Å². The zero-order chi connectivity index (χ0) is 25.9. The molecule has 0 unspecified atom stereocenters. The molecule has 0 bridgehead atoms. The fourth-order valence-electron chi connectivity index (χ4n) is 4.59. The highest BCUT2D eigenvalue weighted by atomic mass is 35.5. The predicted molar refractivity (Wildman–Crippen MR) is 142 cm³/mol. The van der Waals surface area contributed by atoms with Gasteiger partial charge in [0, 0.05) is 48.0 Å². The van der Waals surface area contributed by atoms with Gasteiger partial charge in [-0.1, -0.05) is 34.4 Å². The minimum Gasteiger partial charge on any atom is -0.411 e. The van der Waals surface area contributed by atoms with Crippen molar-refractivity contribution in [3.63, 3.8) is 0 Å². The third kappa shape index (κ3) is 5.83. The van der Waals surface area contributed by atoms with E-state index in [0.717, 1.165) is 55.9 Å². The summed E-state index contributed by atoms with van der Waals surface area (Å²) in [6.45, 7) is 3.45. The maximum Gasteiger partial charge on any atom is 0.159 e. The van der Waals surface area contributed by atoms with Gasteiger partial charge in [-0.25, -0.2) is 4.98 Å². The Morgan fingerprint density at radius 3 is 2.49 bits per heavy atom. The Morgan fingerprint density at radius 2 is 1.89 bits per heavy atom. The van der Waals surface area contributed by atoms with E-state index in [0.29, 0.717) is 39.4 Å². The zero-order valence-electron chi connectivity index (χ0n) is 20.5. The molecule has 3 aromatic rings. The molecule has 2 aliphatic rings. The summed E-state index contributed by atoms with van der Waals surface area (Å²) in [5.74, 6) is 7.56. The van der Waals surface area contributed by atoms with Crippen LogP contribution in [-0.4, -0.2) is 35.1 Å². The van der Waals surface area contributed by atoms with E-state index in [2.05, 4.69) is 15.0 Å². The standard InChI is InChI=1S/C27H28Cl2N4O4/c1-16(34)13-23(36-30)18-7-8-24(31-14-18)33-11-9-19(10-12-33)35-15-20-26(32-37-27(20)17-5-6-17)25-21(28)3-2-4-22(25)29/h2-4,7-8,13-14,17,19H,5-6,9-12,15,30H2,1H3/b23-13-. The van der Waals surface area contributed by atoms with Gasteiger partial charge < -0.3 is 19.0 Å². The highest BCUT2D eigenvalue weighted by Gasteiger charge is 2.34. The number of pyridine rings is 1. The summed E-state index contributed by atoms with van der Waals surface area (Å²) < 4.78 is 12.1. The summed E-state index contributed by atoms with van der Waals surface area (Å²) in [7, 11) is 0. The number of anilines is 1. The number of nitrogens with zero attached hydrogens (tertiary/aromatic N) is 3. The highest BCUT2D eigenvalue weighted by molar-refractivity contribution is 6.39. The van der Waals surface area contributed by atoms with Gasteiger partial charge in [-0.05, 0) is 56.9 Å². The second-order valence-corrected chi connectivity index (χ2v) is 10.2. The molecule has 0 spiro atoms. The molecule has 8 nitrogen and oxygen atoms in total. The SMILES string of the molecule is CC(=O)/C=C(\ON)c1ccc(N2CCC(OCc3c(-c4c(Cl)cccc4Cl)noc3C3CC3)CC2)nc1. The molecule has 2 fully saturated rings. The first-order valence-electron chi connectivity index (χ1n) is 12.3. The third-order valence-electron chi connectivity index (χ3n) is 6.69. The number of ether oxygens (including phenoxy) is 1. The Hall–Kier alpha value is -2.91. The number of carbonyl (C=O) groups excluding carboxylic acids is 1. The van der Waals surface area contributed by atoms with Crippen LogP contribution in [0.2, 0.25) is 10.0 Å². The Balaban J connectivity index is 1.23. The molecule has 1 aromatic carbocycles. The van der Waals surface area contributed by atoms with E-state index in [1.54, 1.807) is 18.3 Å². The first-order chi connectivity index (χ1) is 17.9. The summed E-state index contributed by atoms with van der Waals surface area (Å²) >= 11 is 12.9. The fourth-order valence-corrected chi connectivity index (χ4v) is 5.17. The van der Waals surface area contributed by atoms with Crippen LogP contribution in [0.5, 0.6) is 0 Å². The van der Waals surface area contributed by atoms with Crippen molar-refractivity contribution < 1.29 is 18.9 Å². The lowest BCUT2D eigenvalue weighted by atomic mass is 10.0. The first kappa shape index (κ1) is 25.7. The fraction of sp³-hybridized carbons (Fsp3) is 0.370. The lowest BCUT2D eigenvalue weighted by Crippen LogP contribution is -2.37. The molecular weight excluding hydrogens is 515 g/mol. The molecular formula is C27H28Cl2N4O4. The highest BCUT2D eigenvalue weighted by Crippen LogP contribution is 2.46. The number of piperidine rings is 1. The van der Waals surface area contributed by atoms with E-state index in [1.165, 1.54) is 13.0 Å². The van der Waals surface area contributed by atoms with Gasteiger partial charge in [0.1, 0.15) is 17.3 Å².